The van der Waals surface area contributed by atoms with Gasteiger partial charge in [-0.1, -0.05) is 30.3 Å². The van der Waals surface area contributed by atoms with Gasteiger partial charge in [-0.3, -0.25) is 14.6 Å². The van der Waals surface area contributed by atoms with Crippen molar-refractivity contribution in [3.8, 4) is 5.75 Å². The van der Waals surface area contributed by atoms with E-state index in [1.807, 2.05) is 24.3 Å². The van der Waals surface area contributed by atoms with Crippen LogP contribution in [0.1, 0.15) is 25.3 Å². The SMILES string of the molecule is CCn1c2ccccc2c2cc(NC(=O)CN3CCC(N4C(=O)OCc5cccc(OC)c54)CC3)ccc21.Cl. The number of carbonyl (C=O) groups excluding carboxylic acids is 2. The van der Waals surface area contributed by atoms with Gasteiger partial charge in [0, 0.05) is 58.7 Å². The maximum atomic E-state index is 13.0. The van der Waals surface area contributed by atoms with Gasteiger partial charge in [0.05, 0.1) is 19.3 Å². The van der Waals surface area contributed by atoms with Crippen LogP contribution in [0.5, 0.6) is 5.75 Å². The molecule has 1 aromatic heterocycles. The first kappa shape index (κ1) is 26.8. The van der Waals surface area contributed by atoms with Crippen LogP contribution in [0.25, 0.3) is 21.8 Å². The van der Waals surface area contributed by atoms with Crippen molar-refractivity contribution in [2.75, 3.05) is 37.0 Å². The molecule has 9 heteroatoms. The number of benzene rings is 3. The molecular weight excluding hydrogens is 516 g/mol. The molecule has 1 N–H and O–H groups in total. The highest BCUT2D eigenvalue weighted by Crippen LogP contribution is 2.39. The largest absolute Gasteiger partial charge is 0.495 e. The van der Waals surface area contributed by atoms with Crippen molar-refractivity contribution in [1.82, 2.24) is 9.47 Å². The zero-order chi connectivity index (χ0) is 26.2. The topological polar surface area (TPSA) is 76.0 Å². The molecule has 0 atom stereocenters. The number of nitrogens with zero attached hydrogens (tertiary/aromatic N) is 3. The molecule has 204 valence electrons. The number of halogens is 1. The molecule has 1 saturated heterocycles. The Morgan fingerprint density at radius 3 is 2.56 bits per heavy atom. The summed E-state index contributed by atoms with van der Waals surface area (Å²) in [5.41, 5.74) is 4.93. The monoisotopic (exact) mass is 548 g/mol. The highest BCUT2D eigenvalue weighted by Gasteiger charge is 2.36. The molecule has 6 rings (SSSR count). The average molecular weight is 549 g/mol. The van der Waals surface area contributed by atoms with Crippen LogP contribution in [-0.2, 0) is 22.7 Å². The number of aromatic nitrogens is 1. The summed E-state index contributed by atoms with van der Waals surface area (Å²) in [6.45, 7) is 5.04. The van der Waals surface area contributed by atoms with Crippen LogP contribution in [0, 0.1) is 0 Å². The maximum Gasteiger partial charge on any atom is 0.415 e. The molecule has 4 aromatic rings. The van der Waals surface area contributed by atoms with Gasteiger partial charge in [-0.05, 0) is 50.1 Å². The number of amides is 2. The molecule has 8 nitrogen and oxygen atoms in total. The number of methoxy groups -OCH3 is 1. The number of hydrogen-bond donors (Lipinski definition) is 1. The summed E-state index contributed by atoms with van der Waals surface area (Å²) in [5.74, 6) is 0.645. The van der Waals surface area contributed by atoms with Crippen LogP contribution in [0.2, 0.25) is 0 Å². The van der Waals surface area contributed by atoms with Crippen molar-refractivity contribution in [1.29, 1.82) is 0 Å². The number of hydrogen-bond acceptors (Lipinski definition) is 5. The Bertz CT molecular complexity index is 1510. The molecule has 0 spiro atoms. The van der Waals surface area contributed by atoms with Crippen molar-refractivity contribution in [2.24, 2.45) is 0 Å². The lowest BCUT2D eigenvalue weighted by molar-refractivity contribution is -0.117. The Labute approximate surface area is 233 Å². The highest BCUT2D eigenvalue weighted by atomic mass is 35.5. The van der Waals surface area contributed by atoms with Crippen molar-refractivity contribution in [3.05, 3.63) is 66.2 Å². The van der Waals surface area contributed by atoms with Gasteiger partial charge >= 0.3 is 6.09 Å². The number of rotatable bonds is 6. The predicted octanol–water partition coefficient (Wildman–Crippen LogP) is 5.80. The minimum Gasteiger partial charge on any atom is -0.495 e. The second-order valence-electron chi connectivity index (χ2n) is 9.94. The molecule has 2 aliphatic rings. The molecular formula is C30H33ClN4O4. The third-order valence-electron chi connectivity index (χ3n) is 7.75. The first-order valence-electron chi connectivity index (χ1n) is 13.2. The summed E-state index contributed by atoms with van der Waals surface area (Å²) < 4.78 is 13.3. The number of aryl methyl sites for hydroxylation is 1. The minimum atomic E-state index is -0.335. The lowest BCUT2D eigenvalue weighted by atomic mass is 10.0. The Morgan fingerprint density at radius 1 is 1.03 bits per heavy atom. The number of nitrogens with one attached hydrogen (secondary N) is 1. The summed E-state index contributed by atoms with van der Waals surface area (Å²) >= 11 is 0. The van der Waals surface area contributed by atoms with Gasteiger partial charge < -0.3 is 19.4 Å². The fourth-order valence-corrected chi connectivity index (χ4v) is 5.97. The Morgan fingerprint density at radius 2 is 1.79 bits per heavy atom. The number of fused-ring (bicyclic) bond motifs is 4. The van der Waals surface area contributed by atoms with Crippen molar-refractivity contribution >= 4 is 57.6 Å². The lowest BCUT2D eigenvalue weighted by Crippen LogP contribution is -2.50. The number of ether oxygens (including phenoxy) is 2. The standard InChI is InChI=1S/C30H32N4O4.ClH/c1-3-33-25-9-5-4-8-23(25)24-17-21(11-12-26(24)33)31-28(35)18-32-15-13-22(14-16-32)34-29-20(19-38-30(34)36)7-6-10-27(29)37-2;/h4-12,17,22H,3,13-16,18-19H2,1-2H3,(H,31,35);1H. The first-order valence-corrected chi connectivity index (χ1v) is 13.2. The first-order chi connectivity index (χ1) is 18.6. The second kappa shape index (κ2) is 11.2. The van der Waals surface area contributed by atoms with Crippen molar-refractivity contribution in [3.63, 3.8) is 0 Å². The molecule has 0 unspecified atom stereocenters. The van der Waals surface area contributed by atoms with E-state index in [9.17, 15) is 9.59 Å². The minimum absolute atomic E-state index is 0. The van der Waals surface area contributed by atoms with Gasteiger partial charge in [-0.2, -0.15) is 0 Å². The predicted molar refractivity (Wildman–Crippen MR) is 156 cm³/mol. The van der Waals surface area contributed by atoms with Gasteiger partial charge in [-0.25, -0.2) is 4.79 Å². The second-order valence-corrected chi connectivity index (χ2v) is 9.94. The Hall–Kier alpha value is -3.75. The van der Waals surface area contributed by atoms with Gasteiger partial charge in [0.15, 0.2) is 0 Å². The molecule has 1 fully saturated rings. The molecule has 3 heterocycles. The summed E-state index contributed by atoms with van der Waals surface area (Å²) in [6, 6.07) is 20.3. The number of anilines is 2. The van der Waals surface area contributed by atoms with Crippen molar-refractivity contribution in [2.45, 2.75) is 39.0 Å². The van der Waals surface area contributed by atoms with Crippen LogP contribution in [0.4, 0.5) is 16.2 Å². The normalized spacial score (nSPS) is 16.1. The fourth-order valence-electron chi connectivity index (χ4n) is 5.97. The van der Waals surface area contributed by atoms with E-state index in [1.54, 1.807) is 12.0 Å². The van der Waals surface area contributed by atoms with Gasteiger partial charge in [0.2, 0.25) is 5.91 Å². The number of piperidine rings is 1. The highest BCUT2D eigenvalue weighted by molar-refractivity contribution is 6.09. The molecule has 0 radical (unpaired) electrons. The van der Waals surface area contributed by atoms with Gasteiger partial charge in [0.25, 0.3) is 0 Å². The van der Waals surface area contributed by atoms with E-state index >= 15 is 0 Å². The van der Waals surface area contributed by atoms with E-state index < -0.39 is 0 Å². The maximum absolute atomic E-state index is 13.0. The van der Waals surface area contributed by atoms with Gasteiger partial charge in [-0.15, -0.1) is 12.4 Å². The summed E-state index contributed by atoms with van der Waals surface area (Å²) in [5, 5.41) is 5.43. The molecule has 0 aliphatic carbocycles. The van der Waals surface area contributed by atoms with Crippen molar-refractivity contribution < 1.29 is 19.1 Å². The molecule has 2 amide bonds. The fraction of sp³-hybridized carbons (Fsp3) is 0.333. The summed E-state index contributed by atoms with van der Waals surface area (Å²) in [7, 11) is 1.62. The van der Waals surface area contributed by atoms with Crippen LogP contribution < -0.4 is 15.0 Å². The van der Waals surface area contributed by atoms with E-state index in [-0.39, 0.29) is 37.1 Å². The molecule has 39 heavy (non-hydrogen) atoms. The van der Waals surface area contributed by atoms with E-state index in [4.69, 9.17) is 9.47 Å². The smallest absolute Gasteiger partial charge is 0.415 e. The van der Waals surface area contributed by atoms with E-state index in [1.165, 1.54) is 16.4 Å². The molecule has 2 aliphatic heterocycles. The molecule has 3 aromatic carbocycles. The zero-order valence-corrected chi connectivity index (χ0v) is 23.0. The lowest BCUT2D eigenvalue weighted by Gasteiger charge is -2.40. The van der Waals surface area contributed by atoms with Crippen LogP contribution in [0.3, 0.4) is 0 Å². The summed E-state index contributed by atoms with van der Waals surface area (Å²) in [6.07, 6.45) is 1.17. The van der Waals surface area contributed by atoms with E-state index in [0.717, 1.165) is 54.8 Å². The molecule has 0 saturated carbocycles. The zero-order valence-electron chi connectivity index (χ0n) is 22.2. The number of cyclic esters (lactones) is 1. The van der Waals surface area contributed by atoms with E-state index in [2.05, 4.69) is 58.1 Å². The molecule has 0 bridgehead atoms. The van der Waals surface area contributed by atoms with Crippen LogP contribution in [-0.4, -0.2) is 54.3 Å². The van der Waals surface area contributed by atoms with Crippen LogP contribution in [0.15, 0.2) is 60.7 Å². The summed E-state index contributed by atoms with van der Waals surface area (Å²) in [4.78, 5) is 29.6. The van der Waals surface area contributed by atoms with Crippen LogP contribution >= 0.6 is 12.4 Å². The number of likely N-dealkylation sites (tertiary alicyclic amines) is 1. The number of carbonyl (C=O) groups is 2. The number of para-hydroxylation sites is 2. The average Bonchev–Trinajstić information content (AvgIpc) is 3.26. The Kier molecular flexibility index (Phi) is 7.68. The quantitative estimate of drug-likeness (QED) is 0.329. The Balaban J connectivity index is 0.00000308. The third-order valence-corrected chi connectivity index (χ3v) is 7.75. The third kappa shape index (κ3) is 4.90. The van der Waals surface area contributed by atoms with E-state index in [0.29, 0.717) is 12.3 Å². The van der Waals surface area contributed by atoms with Gasteiger partial charge in [0.1, 0.15) is 12.4 Å².